The summed E-state index contributed by atoms with van der Waals surface area (Å²) in [4.78, 5) is 25.9. The minimum atomic E-state index is -0.340. The number of rotatable bonds is 4. The van der Waals surface area contributed by atoms with Crippen LogP contribution in [0.1, 0.15) is 32.0 Å². The fourth-order valence-corrected chi connectivity index (χ4v) is 3.46. The number of amides is 1. The zero-order valence-corrected chi connectivity index (χ0v) is 17.7. The standard InChI is InChI=1S/C23H15BrClNO3/c1-13-2-4-15(5-3-13)23(28)26-20-18-12-16(24)8-11-19(18)29-22(20)21(27)14-6-9-17(25)10-7-14/h2-12H,1H3,(H,26,28). The van der Waals surface area contributed by atoms with Crippen LogP contribution in [0.15, 0.2) is 75.6 Å². The molecule has 0 atom stereocenters. The Bertz CT molecular complexity index is 1230. The third-order valence-corrected chi connectivity index (χ3v) is 5.26. The quantitative estimate of drug-likeness (QED) is 0.342. The Morgan fingerprint density at radius 2 is 1.59 bits per heavy atom. The maximum atomic E-state index is 13.1. The number of benzene rings is 3. The molecule has 4 aromatic rings. The molecule has 0 aliphatic rings. The Morgan fingerprint density at radius 1 is 0.931 bits per heavy atom. The Morgan fingerprint density at radius 3 is 2.28 bits per heavy atom. The second kappa shape index (κ2) is 7.85. The zero-order valence-electron chi connectivity index (χ0n) is 15.3. The van der Waals surface area contributed by atoms with Gasteiger partial charge in [-0.1, -0.05) is 45.2 Å². The monoisotopic (exact) mass is 467 g/mol. The van der Waals surface area contributed by atoms with Gasteiger partial charge in [-0.2, -0.15) is 0 Å². The molecule has 3 aromatic carbocycles. The van der Waals surface area contributed by atoms with Crippen molar-refractivity contribution in [2.24, 2.45) is 0 Å². The average Bonchev–Trinajstić information content (AvgIpc) is 3.06. The smallest absolute Gasteiger partial charge is 0.255 e. The number of ketones is 1. The molecule has 0 unspecified atom stereocenters. The van der Waals surface area contributed by atoms with Gasteiger partial charge in [-0.15, -0.1) is 0 Å². The number of hydrogen-bond donors (Lipinski definition) is 1. The van der Waals surface area contributed by atoms with E-state index in [1.165, 1.54) is 0 Å². The van der Waals surface area contributed by atoms with Gasteiger partial charge in [-0.25, -0.2) is 0 Å². The first kappa shape index (κ1) is 19.4. The van der Waals surface area contributed by atoms with Crippen molar-refractivity contribution in [3.8, 4) is 0 Å². The van der Waals surface area contributed by atoms with Crippen LogP contribution in [0.4, 0.5) is 5.69 Å². The summed E-state index contributed by atoms with van der Waals surface area (Å²) in [6.07, 6.45) is 0. The Labute approximate surface area is 180 Å². The van der Waals surface area contributed by atoms with Crippen molar-refractivity contribution in [2.75, 3.05) is 5.32 Å². The predicted molar refractivity (Wildman–Crippen MR) is 118 cm³/mol. The first-order valence-corrected chi connectivity index (χ1v) is 10.00. The van der Waals surface area contributed by atoms with Crippen LogP contribution in [-0.2, 0) is 0 Å². The molecule has 0 saturated carbocycles. The van der Waals surface area contributed by atoms with E-state index in [0.717, 1.165) is 10.0 Å². The molecule has 1 heterocycles. The molecule has 0 radical (unpaired) electrons. The van der Waals surface area contributed by atoms with E-state index in [1.807, 2.05) is 31.2 Å². The van der Waals surface area contributed by atoms with Crippen LogP contribution in [0.25, 0.3) is 11.0 Å². The van der Waals surface area contributed by atoms with Crippen LogP contribution in [0.3, 0.4) is 0 Å². The third-order valence-electron chi connectivity index (χ3n) is 4.51. The van der Waals surface area contributed by atoms with E-state index >= 15 is 0 Å². The Balaban J connectivity index is 1.80. The largest absolute Gasteiger partial charge is 0.450 e. The van der Waals surface area contributed by atoms with E-state index in [9.17, 15) is 9.59 Å². The van der Waals surface area contributed by atoms with Crippen molar-refractivity contribution in [3.63, 3.8) is 0 Å². The fraction of sp³-hybridized carbons (Fsp3) is 0.0435. The fourth-order valence-electron chi connectivity index (χ4n) is 2.98. The van der Waals surface area contributed by atoms with Crippen molar-refractivity contribution in [3.05, 3.63) is 98.7 Å². The SMILES string of the molecule is Cc1ccc(C(=O)Nc2c(C(=O)c3ccc(Cl)cc3)oc3ccc(Br)cc23)cc1. The summed E-state index contributed by atoms with van der Waals surface area (Å²) >= 11 is 9.36. The lowest BCUT2D eigenvalue weighted by molar-refractivity contribution is 0.101. The highest BCUT2D eigenvalue weighted by molar-refractivity contribution is 9.10. The highest BCUT2D eigenvalue weighted by Gasteiger charge is 2.24. The van der Waals surface area contributed by atoms with Crippen LogP contribution in [0.5, 0.6) is 0 Å². The lowest BCUT2D eigenvalue weighted by Gasteiger charge is -2.07. The van der Waals surface area contributed by atoms with Gasteiger partial charge in [0.25, 0.3) is 5.91 Å². The van der Waals surface area contributed by atoms with Gasteiger partial charge in [0.15, 0.2) is 5.76 Å². The van der Waals surface area contributed by atoms with Crippen LogP contribution in [0, 0.1) is 6.92 Å². The van der Waals surface area contributed by atoms with Crippen molar-refractivity contribution in [2.45, 2.75) is 6.92 Å². The van der Waals surface area contributed by atoms with E-state index < -0.39 is 0 Å². The minimum Gasteiger partial charge on any atom is -0.450 e. The van der Waals surface area contributed by atoms with Crippen LogP contribution >= 0.6 is 27.5 Å². The number of furan rings is 1. The van der Waals surface area contributed by atoms with Gasteiger partial charge < -0.3 is 9.73 Å². The summed E-state index contributed by atoms with van der Waals surface area (Å²) in [5.41, 5.74) is 2.80. The van der Waals surface area contributed by atoms with Gasteiger partial charge in [-0.3, -0.25) is 9.59 Å². The molecule has 144 valence electrons. The normalized spacial score (nSPS) is 10.9. The topological polar surface area (TPSA) is 59.3 Å². The van der Waals surface area contributed by atoms with Gasteiger partial charge in [0, 0.05) is 26.0 Å². The number of carbonyl (C=O) groups is 2. The molecule has 1 aromatic heterocycles. The third kappa shape index (κ3) is 3.97. The number of halogens is 2. The van der Waals surface area contributed by atoms with Gasteiger partial charge in [-0.05, 0) is 61.5 Å². The summed E-state index contributed by atoms with van der Waals surface area (Å²) in [5, 5.41) is 4.02. The van der Waals surface area contributed by atoms with E-state index in [1.54, 1.807) is 42.5 Å². The summed E-state index contributed by atoms with van der Waals surface area (Å²) in [6.45, 7) is 1.95. The van der Waals surface area contributed by atoms with Gasteiger partial charge in [0.2, 0.25) is 5.78 Å². The van der Waals surface area contributed by atoms with Crippen molar-refractivity contribution < 1.29 is 14.0 Å². The highest BCUT2D eigenvalue weighted by atomic mass is 79.9. The van der Waals surface area contributed by atoms with Crippen molar-refractivity contribution in [1.29, 1.82) is 0 Å². The first-order valence-electron chi connectivity index (χ1n) is 8.83. The number of hydrogen-bond acceptors (Lipinski definition) is 3. The molecule has 0 spiro atoms. The van der Waals surface area contributed by atoms with Gasteiger partial charge >= 0.3 is 0 Å². The molecule has 1 amide bonds. The first-order chi connectivity index (χ1) is 13.9. The average molecular weight is 469 g/mol. The molecule has 0 fully saturated rings. The van der Waals surface area contributed by atoms with E-state index in [-0.39, 0.29) is 17.5 Å². The maximum Gasteiger partial charge on any atom is 0.255 e. The molecular formula is C23H15BrClNO3. The molecule has 0 aliphatic heterocycles. The number of carbonyl (C=O) groups excluding carboxylic acids is 2. The minimum absolute atomic E-state index is 0.0703. The van der Waals surface area contributed by atoms with E-state index in [4.69, 9.17) is 16.0 Å². The Hall–Kier alpha value is -2.89. The molecule has 0 saturated heterocycles. The second-order valence-electron chi connectivity index (χ2n) is 6.60. The van der Waals surface area contributed by atoms with Gasteiger partial charge in [0.1, 0.15) is 5.58 Å². The molecule has 4 rings (SSSR count). The van der Waals surface area contributed by atoms with Crippen LogP contribution in [0.2, 0.25) is 5.02 Å². The molecular weight excluding hydrogens is 454 g/mol. The summed E-state index contributed by atoms with van der Waals surface area (Å²) in [5.74, 6) is -0.591. The molecule has 0 bridgehead atoms. The lowest BCUT2D eigenvalue weighted by Crippen LogP contribution is -2.14. The zero-order chi connectivity index (χ0) is 20.5. The highest BCUT2D eigenvalue weighted by Crippen LogP contribution is 2.35. The molecule has 6 heteroatoms. The van der Waals surface area contributed by atoms with E-state index in [0.29, 0.717) is 32.8 Å². The number of nitrogens with one attached hydrogen (secondary N) is 1. The second-order valence-corrected chi connectivity index (χ2v) is 7.95. The Kier molecular flexibility index (Phi) is 5.26. The summed E-state index contributed by atoms with van der Waals surface area (Å²) in [7, 11) is 0. The number of anilines is 1. The molecule has 0 aliphatic carbocycles. The van der Waals surface area contributed by atoms with Crippen molar-refractivity contribution >= 4 is 55.9 Å². The molecule has 29 heavy (non-hydrogen) atoms. The number of aryl methyl sites for hydroxylation is 1. The summed E-state index contributed by atoms with van der Waals surface area (Å²) in [6, 6.07) is 19.1. The van der Waals surface area contributed by atoms with E-state index in [2.05, 4.69) is 21.2 Å². The van der Waals surface area contributed by atoms with Gasteiger partial charge in [0.05, 0.1) is 5.69 Å². The molecule has 1 N–H and O–H groups in total. The van der Waals surface area contributed by atoms with Crippen molar-refractivity contribution in [1.82, 2.24) is 0 Å². The maximum absolute atomic E-state index is 13.1. The van der Waals surface area contributed by atoms with Crippen LogP contribution in [-0.4, -0.2) is 11.7 Å². The predicted octanol–water partition coefficient (Wildman–Crippen LogP) is 6.64. The lowest BCUT2D eigenvalue weighted by atomic mass is 10.1. The number of fused-ring (bicyclic) bond motifs is 1. The molecule has 4 nitrogen and oxygen atoms in total. The van der Waals surface area contributed by atoms with Crippen LogP contribution < -0.4 is 5.32 Å². The summed E-state index contributed by atoms with van der Waals surface area (Å²) < 4.78 is 6.65.